The molecule has 28 heavy (non-hydrogen) atoms. The lowest BCUT2D eigenvalue weighted by atomic mass is 10.1. The molecular formula is C19H11Cl2N3O3S. The normalized spacial score (nSPS) is 11.1. The van der Waals surface area contributed by atoms with Crippen molar-refractivity contribution in [3.05, 3.63) is 72.5 Å². The molecule has 2 aromatic carbocycles. The van der Waals surface area contributed by atoms with Crippen molar-refractivity contribution in [2.45, 2.75) is 0 Å². The van der Waals surface area contributed by atoms with Crippen LogP contribution in [0.2, 0.25) is 10.0 Å². The van der Waals surface area contributed by atoms with Crippen LogP contribution in [0.15, 0.2) is 41.8 Å². The molecule has 1 aromatic heterocycles. The van der Waals surface area contributed by atoms with Crippen molar-refractivity contribution in [2.75, 3.05) is 7.11 Å². The molecule has 0 fully saturated rings. The fraction of sp³-hybridized carbons (Fsp3) is 0.0526. The Kier molecular flexibility index (Phi) is 5.95. The van der Waals surface area contributed by atoms with E-state index < -0.39 is 4.92 Å². The molecule has 0 saturated heterocycles. The highest BCUT2D eigenvalue weighted by molar-refractivity contribution is 7.11. The lowest BCUT2D eigenvalue weighted by molar-refractivity contribution is -0.385. The summed E-state index contributed by atoms with van der Waals surface area (Å²) in [5, 5.41) is 23.9. The van der Waals surface area contributed by atoms with Gasteiger partial charge in [-0.15, -0.1) is 11.3 Å². The van der Waals surface area contributed by atoms with Crippen LogP contribution in [-0.2, 0) is 0 Å². The van der Waals surface area contributed by atoms with Gasteiger partial charge < -0.3 is 4.74 Å². The fourth-order valence-electron chi connectivity index (χ4n) is 2.47. The second-order valence-electron chi connectivity index (χ2n) is 5.52. The number of nitro benzene ring substituents is 1. The number of allylic oxidation sites excluding steroid dienone is 1. The third-order valence-electron chi connectivity index (χ3n) is 3.77. The van der Waals surface area contributed by atoms with Gasteiger partial charge in [-0.3, -0.25) is 10.1 Å². The molecule has 9 heteroatoms. The van der Waals surface area contributed by atoms with Gasteiger partial charge in [-0.1, -0.05) is 29.3 Å². The molecule has 0 amide bonds. The van der Waals surface area contributed by atoms with Crippen LogP contribution in [-0.4, -0.2) is 17.0 Å². The summed E-state index contributed by atoms with van der Waals surface area (Å²) < 4.78 is 4.99. The van der Waals surface area contributed by atoms with Crippen molar-refractivity contribution in [3.8, 4) is 23.1 Å². The molecule has 6 nitrogen and oxygen atoms in total. The first-order valence-electron chi connectivity index (χ1n) is 7.78. The molecule has 0 unspecified atom stereocenters. The Morgan fingerprint density at radius 1 is 1.32 bits per heavy atom. The third kappa shape index (κ3) is 4.15. The summed E-state index contributed by atoms with van der Waals surface area (Å²) in [6.45, 7) is 0. The Morgan fingerprint density at radius 2 is 2.11 bits per heavy atom. The number of hydrogen-bond donors (Lipinski definition) is 0. The van der Waals surface area contributed by atoms with E-state index in [1.165, 1.54) is 30.6 Å². The van der Waals surface area contributed by atoms with Crippen LogP contribution in [0.25, 0.3) is 22.9 Å². The molecular weight excluding hydrogens is 421 g/mol. The summed E-state index contributed by atoms with van der Waals surface area (Å²) in [6.07, 6.45) is 1.54. The smallest absolute Gasteiger partial charge is 0.311 e. The van der Waals surface area contributed by atoms with E-state index in [0.717, 1.165) is 0 Å². The van der Waals surface area contributed by atoms with Crippen molar-refractivity contribution in [1.29, 1.82) is 5.26 Å². The van der Waals surface area contributed by atoms with Crippen LogP contribution in [0.1, 0.15) is 10.6 Å². The largest absolute Gasteiger partial charge is 0.490 e. The van der Waals surface area contributed by atoms with Gasteiger partial charge in [0, 0.05) is 22.0 Å². The minimum atomic E-state index is -0.535. The lowest BCUT2D eigenvalue weighted by Crippen LogP contribution is -1.94. The molecule has 140 valence electrons. The van der Waals surface area contributed by atoms with Crippen molar-refractivity contribution in [3.63, 3.8) is 0 Å². The van der Waals surface area contributed by atoms with Crippen molar-refractivity contribution >= 4 is 51.9 Å². The first-order chi connectivity index (χ1) is 13.4. The topological polar surface area (TPSA) is 89.0 Å². The number of halogens is 2. The molecule has 0 N–H and O–H groups in total. The van der Waals surface area contributed by atoms with Crippen LogP contribution in [0.4, 0.5) is 5.69 Å². The van der Waals surface area contributed by atoms with Gasteiger partial charge >= 0.3 is 5.69 Å². The van der Waals surface area contributed by atoms with Crippen LogP contribution >= 0.6 is 34.5 Å². The average molecular weight is 432 g/mol. The van der Waals surface area contributed by atoms with Crippen LogP contribution < -0.4 is 4.74 Å². The zero-order valence-electron chi connectivity index (χ0n) is 14.3. The fourth-order valence-corrected chi connectivity index (χ4v) is 3.76. The van der Waals surface area contributed by atoms with Gasteiger partial charge in [0.1, 0.15) is 11.1 Å². The number of thiazole rings is 1. The molecule has 0 spiro atoms. The Bertz CT molecular complexity index is 1140. The molecule has 3 aromatic rings. The maximum atomic E-state index is 11.2. The number of benzene rings is 2. The van der Waals surface area contributed by atoms with Crippen molar-refractivity contribution in [2.24, 2.45) is 0 Å². The predicted octanol–water partition coefficient (Wildman–Crippen LogP) is 6.10. The van der Waals surface area contributed by atoms with Crippen LogP contribution in [0.5, 0.6) is 5.75 Å². The molecule has 0 bridgehead atoms. The van der Waals surface area contributed by atoms with E-state index >= 15 is 0 Å². The van der Waals surface area contributed by atoms with Crippen molar-refractivity contribution < 1.29 is 9.66 Å². The number of nitro groups is 1. The molecule has 0 aliphatic carbocycles. The monoisotopic (exact) mass is 431 g/mol. The number of ether oxygens (including phenoxy) is 1. The van der Waals surface area contributed by atoms with E-state index in [1.807, 2.05) is 0 Å². The zero-order chi connectivity index (χ0) is 20.3. The highest BCUT2D eigenvalue weighted by Gasteiger charge is 2.16. The number of rotatable bonds is 5. The number of nitrogens with zero attached hydrogens (tertiary/aromatic N) is 3. The van der Waals surface area contributed by atoms with Gasteiger partial charge in [-0.25, -0.2) is 4.98 Å². The lowest BCUT2D eigenvalue weighted by Gasteiger charge is -2.03. The molecule has 0 atom stereocenters. The Morgan fingerprint density at radius 3 is 2.75 bits per heavy atom. The molecule has 0 saturated carbocycles. The van der Waals surface area contributed by atoms with Gasteiger partial charge in [-0.05, 0) is 35.9 Å². The van der Waals surface area contributed by atoms with Gasteiger partial charge in [0.05, 0.1) is 28.3 Å². The quantitative estimate of drug-likeness (QED) is 0.276. The minimum absolute atomic E-state index is 0.148. The van der Waals surface area contributed by atoms with Crippen LogP contribution in [0.3, 0.4) is 0 Å². The standard InChI is InChI=1S/C19H11Cl2N3O3S/c1-27-18-5-2-11(7-17(18)24(25)26)6-12(9-22)19-23-16(10-28-19)14-4-3-13(20)8-15(14)21/h2-8,10H,1H3. The highest BCUT2D eigenvalue weighted by atomic mass is 35.5. The molecule has 0 radical (unpaired) electrons. The Hall–Kier alpha value is -2.92. The van der Waals surface area contributed by atoms with Crippen LogP contribution in [0, 0.1) is 21.4 Å². The minimum Gasteiger partial charge on any atom is -0.490 e. The zero-order valence-corrected chi connectivity index (χ0v) is 16.7. The maximum absolute atomic E-state index is 11.2. The number of methoxy groups -OCH3 is 1. The first-order valence-corrected chi connectivity index (χ1v) is 9.42. The number of hydrogen-bond acceptors (Lipinski definition) is 6. The van der Waals surface area contributed by atoms with Crippen molar-refractivity contribution in [1.82, 2.24) is 4.98 Å². The van der Waals surface area contributed by atoms with Gasteiger partial charge in [0.2, 0.25) is 0 Å². The summed E-state index contributed by atoms with van der Waals surface area (Å²) in [7, 11) is 1.36. The summed E-state index contributed by atoms with van der Waals surface area (Å²) in [5.74, 6) is 0.148. The second kappa shape index (κ2) is 8.40. The Balaban J connectivity index is 1.99. The third-order valence-corrected chi connectivity index (χ3v) is 5.20. The summed E-state index contributed by atoms with van der Waals surface area (Å²) in [5.41, 5.74) is 1.90. The summed E-state index contributed by atoms with van der Waals surface area (Å²) in [6, 6.07) is 11.6. The molecule has 1 heterocycles. The second-order valence-corrected chi connectivity index (χ2v) is 7.22. The Labute approximate surface area is 174 Å². The SMILES string of the molecule is COc1ccc(C=C(C#N)c2nc(-c3ccc(Cl)cc3Cl)cs2)cc1[N+](=O)[O-]. The first kappa shape index (κ1) is 19.8. The van der Waals surface area contributed by atoms with E-state index in [4.69, 9.17) is 27.9 Å². The predicted molar refractivity (Wildman–Crippen MR) is 111 cm³/mol. The molecule has 3 rings (SSSR count). The summed E-state index contributed by atoms with van der Waals surface area (Å²) in [4.78, 5) is 15.1. The highest BCUT2D eigenvalue weighted by Crippen LogP contribution is 2.34. The summed E-state index contributed by atoms with van der Waals surface area (Å²) >= 11 is 13.4. The van der Waals surface area contributed by atoms with E-state index in [0.29, 0.717) is 31.9 Å². The van der Waals surface area contributed by atoms with E-state index in [9.17, 15) is 15.4 Å². The molecule has 0 aliphatic rings. The maximum Gasteiger partial charge on any atom is 0.311 e. The number of aromatic nitrogens is 1. The van der Waals surface area contributed by atoms with E-state index in [2.05, 4.69) is 11.1 Å². The molecule has 0 aliphatic heterocycles. The average Bonchev–Trinajstić information content (AvgIpc) is 3.15. The van der Waals surface area contributed by atoms with Gasteiger partial charge in [0.15, 0.2) is 5.75 Å². The van der Waals surface area contributed by atoms with Gasteiger partial charge in [0.25, 0.3) is 0 Å². The van der Waals surface area contributed by atoms with E-state index in [-0.39, 0.29) is 17.0 Å². The number of nitriles is 1. The van der Waals surface area contributed by atoms with Gasteiger partial charge in [-0.2, -0.15) is 5.26 Å². The van der Waals surface area contributed by atoms with E-state index in [1.54, 1.807) is 35.7 Å².